The fourth-order valence-electron chi connectivity index (χ4n) is 0.919. The van der Waals surface area contributed by atoms with Crippen LogP contribution in [0.25, 0.3) is 0 Å². The Kier molecular flexibility index (Phi) is 10.2. The van der Waals surface area contributed by atoms with Crippen LogP contribution < -0.4 is 0 Å². The van der Waals surface area contributed by atoms with E-state index in [4.69, 9.17) is 9.47 Å². The minimum Gasteiger partial charge on any atom is -0.461 e. The predicted molar refractivity (Wildman–Crippen MR) is 62.5 cm³/mol. The molecule has 0 unspecified atom stereocenters. The summed E-state index contributed by atoms with van der Waals surface area (Å²) in [6, 6.07) is 0. The molecule has 17 heavy (non-hydrogen) atoms. The second kappa shape index (κ2) is 11.1. The summed E-state index contributed by atoms with van der Waals surface area (Å²) in [5.74, 6) is -1.12. The Balaban J connectivity index is 3.38. The van der Waals surface area contributed by atoms with Gasteiger partial charge in [0.2, 0.25) is 0 Å². The van der Waals surface area contributed by atoms with Gasteiger partial charge < -0.3 is 14.2 Å². The van der Waals surface area contributed by atoms with Gasteiger partial charge in [0.15, 0.2) is 6.61 Å². The molecule has 0 saturated carbocycles. The highest BCUT2D eigenvalue weighted by Crippen LogP contribution is 1.89. The second-order valence-electron chi connectivity index (χ2n) is 3.29. The number of allylic oxidation sites excluding steroid dienone is 1. The van der Waals surface area contributed by atoms with E-state index < -0.39 is 11.9 Å². The lowest BCUT2D eigenvalue weighted by atomic mass is 10.4. The van der Waals surface area contributed by atoms with E-state index >= 15 is 0 Å². The molecule has 0 heterocycles. The Labute approximate surface area is 102 Å². The quantitative estimate of drug-likeness (QED) is 0.349. The molecular weight excluding hydrogens is 224 g/mol. The minimum absolute atomic E-state index is 0.184. The Bertz CT molecular complexity index is 247. The minimum atomic E-state index is -0.568. The zero-order valence-electron chi connectivity index (χ0n) is 10.4. The Morgan fingerprint density at radius 1 is 1.12 bits per heavy atom. The number of esters is 2. The number of hydrogen-bond acceptors (Lipinski definition) is 5. The number of hydrogen-bond donors (Lipinski definition) is 0. The summed E-state index contributed by atoms with van der Waals surface area (Å²) < 4.78 is 14.6. The van der Waals surface area contributed by atoms with E-state index in [0.29, 0.717) is 13.2 Å². The molecule has 0 amide bonds. The number of carbonyl (C=O) groups is 2. The summed E-state index contributed by atoms with van der Waals surface area (Å²) >= 11 is 0. The number of carbonyl (C=O) groups excluding carboxylic acids is 2. The smallest absolute Gasteiger partial charge is 0.344 e. The van der Waals surface area contributed by atoms with Crippen molar-refractivity contribution in [1.29, 1.82) is 0 Å². The van der Waals surface area contributed by atoms with Gasteiger partial charge in [0.05, 0.1) is 6.61 Å². The topological polar surface area (TPSA) is 61.8 Å². The number of unbranched alkanes of at least 4 members (excludes halogenated alkanes) is 1. The van der Waals surface area contributed by atoms with Crippen LogP contribution in [0.15, 0.2) is 12.2 Å². The molecule has 5 nitrogen and oxygen atoms in total. The summed E-state index contributed by atoms with van der Waals surface area (Å²) in [6.07, 6.45) is 4.84. The first kappa shape index (κ1) is 15.6. The molecule has 0 aliphatic rings. The average molecular weight is 244 g/mol. The molecule has 0 aliphatic heterocycles. The van der Waals surface area contributed by atoms with Crippen LogP contribution in [-0.2, 0) is 23.8 Å². The molecule has 0 bridgehead atoms. The van der Waals surface area contributed by atoms with Crippen molar-refractivity contribution in [3.05, 3.63) is 12.2 Å². The zero-order valence-corrected chi connectivity index (χ0v) is 10.4. The molecule has 0 aromatic heterocycles. The van der Waals surface area contributed by atoms with Crippen molar-refractivity contribution in [2.75, 3.05) is 26.4 Å². The van der Waals surface area contributed by atoms with Crippen LogP contribution in [0.5, 0.6) is 0 Å². The SMILES string of the molecule is C/C=C/C(=O)OCC(=O)OCCOCCCC. The van der Waals surface area contributed by atoms with Crippen LogP contribution >= 0.6 is 0 Å². The van der Waals surface area contributed by atoms with Crippen molar-refractivity contribution in [2.24, 2.45) is 0 Å². The van der Waals surface area contributed by atoms with Gasteiger partial charge in [0.1, 0.15) is 6.61 Å². The monoisotopic (exact) mass is 244 g/mol. The van der Waals surface area contributed by atoms with Gasteiger partial charge in [-0.05, 0) is 13.3 Å². The highest BCUT2D eigenvalue weighted by molar-refractivity contribution is 5.84. The van der Waals surface area contributed by atoms with Crippen LogP contribution in [0.4, 0.5) is 0 Å². The van der Waals surface area contributed by atoms with Gasteiger partial charge in [-0.2, -0.15) is 0 Å². The summed E-state index contributed by atoms with van der Waals surface area (Å²) in [7, 11) is 0. The number of ether oxygens (including phenoxy) is 3. The molecule has 0 aromatic carbocycles. The molecular formula is C12H20O5. The van der Waals surface area contributed by atoms with Gasteiger partial charge in [-0.1, -0.05) is 19.4 Å². The predicted octanol–water partition coefficient (Wildman–Crippen LogP) is 1.47. The highest BCUT2D eigenvalue weighted by atomic mass is 16.6. The fraction of sp³-hybridized carbons (Fsp3) is 0.667. The van der Waals surface area contributed by atoms with Crippen molar-refractivity contribution >= 4 is 11.9 Å². The standard InChI is InChI=1S/C12H20O5/c1-3-5-7-15-8-9-16-12(14)10-17-11(13)6-4-2/h4,6H,3,5,7-10H2,1-2H3/b6-4+. The molecule has 0 radical (unpaired) electrons. The first-order chi connectivity index (χ1) is 8.20. The number of rotatable bonds is 9. The molecule has 98 valence electrons. The summed E-state index contributed by atoms with van der Waals surface area (Å²) in [5, 5.41) is 0. The maximum atomic E-state index is 11.1. The van der Waals surface area contributed by atoms with Gasteiger partial charge in [-0.25, -0.2) is 9.59 Å². The maximum absolute atomic E-state index is 11.1. The van der Waals surface area contributed by atoms with Crippen molar-refractivity contribution in [1.82, 2.24) is 0 Å². The maximum Gasteiger partial charge on any atom is 0.344 e. The summed E-state index contributed by atoms with van der Waals surface area (Å²) in [4.78, 5) is 21.9. The molecule has 0 fully saturated rings. The van der Waals surface area contributed by atoms with E-state index in [-0.39, 0.29) is 13.2 Å². The Hall–Kier alpha value is -1.36. The fourth-order valence-corrected chi connectivity index (χ4v) is 0.919. The van der Waals surface area contributed by atoms with E-state index in [1.807, 2.05) is 0 Å². The van der Waals surface area contributed by atoms with E-state index in [0.717, 1.165) is 12.8 Å². The molecule has 0 aromatic rings. The van der Waals surface area contributed by atoms with Crippen LogP contribution in [-0.4, -0.2) is 38.4 Å². The van der Waals surface area contributed by atoms with Gasteiger partial charge in [0.25, 0.3) is 0 Å². The van der Waals surface area contributed by atoms with E-state index in [1.165, 1.54) is 12.2 Å². The Morgan fingerprint density at radius 2 is 1.88 bits per heavy atom. The third-order valence-electron chi connectivity index (χ3n) is 1.77. The van der Waals surface area contributed by atoms with Gasteiger partial charge in [-0.3, -0.25) is 0 Å². The second-order valence-corrected chi connectivity index (χ2v) is 3.29. The first-order valence-corrected chi connectivity index (χ1v) is 5.73. The van der Waals surface area contributed by atoms with Crippen molar-refractivity contribution < 1.29 is 23.8 Å². The van der Waals surface area contributed by atoms with Crippen LogP contribution in [0.1, 0.15) is 26.7 Å². The average Bonchev–Trinajstić information content (AvgIpc) is 2.31. The van der Waals surface area contributed by atoms with Crippen molar-refractivity contribution in [2.45, 2.75) is 26.7 Å². The van der Waals surface area contributed by atoms with Crippen LogP contribution in [0.2, 0.25) is 0 Å². The largest absolute Gasteiger partial charge is 0.461 e. The Morgan fingerprint density at radius 3 is 2.53 bits per heavy atom. The van der Waals surface area contributed by atoms with Gasteiger partial charge in [-0.15, -0.1) is 0 Å². The first-order valence-electron chi connectivity index (χ1n) is 5.73. The molecule has 0 atom stereocenters. The highest BCUT2D eigenvalue weighted by Gasteiger charge is 2.05. The van der Waals surface area contributed by atoms with Gasteiger partial charge >= 0.3 is 11.9 Å². The molecule has 0 rings (SSSR count). The van der Waals surface area contributed by atoms with Crippen LogP contribution in [0, 0.1) is 0 Å². The zero-order chi connectivity index (χ0) is 12.9. The summed E-state index contributed by atoms with van der Waals surface area (Å²) in [6.45, 7) is 4.62. The van der Waals surface area contributed by atoms with Gasteiger partial charge in [0, 0.05) is 12.7 Å². The van der Waals surface area contributed by atoms with Crippen LogP contribution in [0.3, 0.4) is 0 Å². The summed E-state index contributed by atoms with van der Waals surface area (Å²) in [5.41, 5.74) is 0. The van der Waals surface area contributed by atoms with Crippen molar-refractivity contribution in [3.8, 4) is 0 Å². The normalized spacial score (nSPS) is 10.5. The lowest BCUT2D eigenvalue weighted by Gasteiger charge is -2.05. The molecule has 0 saturated heterocycles. The van der Waals surface area contributed by atoms with E-state index in [2.05, 4.69) is 11.7 Å². The molecule has 0 aliphatic carbocycles. The van der Waals surface area contributed by atoms with E-state index in [9.17, 15) is 9.59 Å². The van der Waals surface area contributed by atoms with E-state index in [1.54, 1.807) is 6.92 Å². The lowest BCUT2D eigenvalue weighted by molar-refractivity contribution is -0.157. The molecule has 0 spiro atoms. The third kappa shape index (κ3) is 10.9. The molecule has 0 N–H and O–H groups in total. The third-order valence-corrected chi connectivity index (χ3v) is 1.77. The van der Waals surface area contributed by atoms with Crippen molar-refractivity contribution in [3.63, 3.8) is 0 Å². The lowest BCUT2D eigenvalue weighted by Crippen LogP contribution is -2.17. The molecule has 5 heteroatoms.